The quantitative estimate of drug-likeness (QED) is 0.662. The molecule has 3 rings (SSSR count). The van der Waals surface area contributed by atoms with Crippen molar-refractivity contribution in [2.45, 2.75) is 36.7 Å². The zero-order valence-electron chi connectivity index (χ0n) is 10.7. The molecule has 6 heteroatoms. The molecule has 5 nitrogen and oxygen atoms in total. The van der Waals surface area contributed by atoms with Gasteiger partial charge < -0.3 is 5.73 Å². The first kappa shape index (κ1) is 12.3. The maximum atomic E-state index is 11.7. The molecule has 1 aliphatic carbocycles. The second-order valence-electron chi connectivity index (χ2n) is 4.83. The maximum Gasteiger partial charge on any atom is 0.344 e. The molecule has 19 heavy (non-hydrogen) atoms. The Balaban J connectivity index is 1.79. The van der Waals surface area contributed by atoms with Crippen molar-refractivity contribution in [1.29, 1.82) is 0 Å². The van der Waals surface area contributed by atoms with Crippen molar-refractivity contribution < 1.29 is 0 Å². The number of H-pyrrole nitrogens is 1. The molecule has 0 atom stereocenters. The van der Waals surface area contributed by atoms with E-state index in [0.29, 0.717) is 6.04 Å². The van der Waals surface area contributed by atoms with Crippen LogP contribution in [0.1, 0.15) is 30.0 Å². The molecule has 0 saturated heterocycles. The number of nitrogens with one attached hydrogen (secondary N) is 1. The molecule has 1 fully saturated rings. The number of thioether (sulfide) groups is 1. The van der Waals surface area contributed by atoms with E-state index in [1.165, 1.54) is 5.56 Å². The Bertz CT molecular complexity index is 657. The van der Waals surface area contributed by atoms with Gasteiger partial charge in [-0.2, -0.15) is 0 Å². The minimum absolute atomic E-state index is 0.103. The molecule has 1 aromatic carbocycles. The summed E-state index contributed by atoms with van der Waals surface area (Å²) in [6, 6.07) is 6.26. The summed E-state index contributed by atoms with van der Waals surface area (Å²) in [5.74, 6) is 0.772. The molecule has 1 aliphatic rings. The summed E-state index contributed by atoms with van der Waals surface area (Å²) < 4.78 is 1.77. The minimum Gasteiger partial charge on any atom is -0.399 e. The second-order valence-corrected chi connectivity index (χ2v) is 5.78. The number of nitrogen functional groups attached to an aromatic ring is 1. The zero-order chi connectivity index (χ0) is 13.4. The molecule has 0 radical (unpaired) electrons. The van der Waals surface area contributed by atoms with E-state index in [1.54, 1.807) is 16.3 Å². The van der Waals surface area contributed by atoms with Gasteiger partial charge in [0.05, 0.1) is 0 Å². The van der Waals surface area contributed by atoms with Crippen LogP contribution in [0, 0.1) is 6.92 Å². The van der Waals surface area contributed by atoms with E-state index < -0.39 is 0 Å². The van der Waals surface area contributed by atoms with Crippen LogP contribution in [0.3, 0.4) is 0 Å². The van der Waals surface area contributed by atoms with Gasteiger partial charge in [-0.15, -0.1) is 5.10 Å². The third-order valence-corrected chi connectivity index (χ3v) is 4.43. The third-order valence-electron chi connectivity index (χ3n) is 3.43. The van der Waals surface area contributed by atoms with Crippen molar-refractivity contribution in [3.05, 3.63) is 39.8 Å². The fourth-order valence-corrected chi connectivity index (χ4v) is 3.13. The Labute approximate surface area is 115 Å². The highest BCUT2D eigenvalue weighted by atomic mass is 32.2. The number of rotatable bonds is 4. The predicted octanol–water partition coefficient (Wildman–Crippen LogP) is 2.09. The fourth-order valence-electron chi connectivity index (χ4n) is 2.05. The molecular weight excluding hydrogens is 260 g/mol. The van der Waals surface area contributed by atoms with E-state index >= 15 is 0 Å². The van der Waals surface area contributed by atoms with E-state index in [4.69, 9.17) is 5.73 Å². The van der Waals surface area contributed by atoms with E-state index in [-0.39, 0.29) is 5.69 Å². The van der Waals surface area contributed by atoms with Crippen molar-refractivity contribution in [3.8, 4) is 0 Å². The summed E-state index contributed by atoms with van der Waals surface area (Å²) in [4.78, 5) is 11.7. The largest absolute Gasteiger partial charge is 0.399 e. The molecule has 1 saturated carbocycles. The van der Waals surface area contributed by atoms with Crippen LogP contribution in [0.25, 0.3) is 0 Å². The van der Waals surface area contributed by atoms with E-state index in [0.717, 1.165) is 35.0 Å². The molecule has 0 bridgehead atoms. The normalized spacial score (nSPS) is 14.8. The van der Waals surface area contributed by atoms with Gasteiger partial charge in [-0.1, -0.05) is 23.9 Å². The average Bonchev–Trinajstić information content (AvgIpc) is 3.16. The number of aromatic amines is 1. The van der Waals surface area contributed by atoms with Gasteiger partial charge in [0.1, 0.15) is 0 Å². The van der Waals surface area contributed by atoms with Crippen molar-refractivity contribution >= 4 is 17.4 Å². The smallest absolute Gasteiger partial charge is 0.344 e. The van der Waals surface area contributed by atoms with Gasteiger partial charge in [-0.05, 0) is 37.0 Å². The molecule has 0 aliphatic heterocycles. The summed E-state index contributed by atoms with van der Waals surface area (Å²) in [7, 11) is 0. The van der Waals surface area contributed by atoms with Crippen LogP contribution in [0.2, 0.25) is 0 Å². The van der Waals surface area contributed by atoms with Crippen LogP contribution in [0.15, 0.2) is 28.2 Å². The molecule has 2 aromatic rings. The Hall–Kier alpha value is -1.69. The first-order valence-corrected chi connectivity index (χ1v) is 7.29. The Kier molecular flexibility index (Phi) is 3.10. The number of benzene rings is 1. The highest BCUT2D eigenvalue weighted by Gasteiger charge is 2.28. The fraction of sp³-hybridized carbons (Fsp3) is 0.385. The zero-order valence-corrected chi connectivity index (χ0v) is 11.5. The van der Waals surface area contributed by atoms with Crippen LogP contribution >= 0.6 is 11.8 Å². The number of hydrogen-bond donors (Lipinski definition) is 2. The number of nitrogens with zero attached hydrogens (tertiary/aromatic N) is 2. The Morgan fingerprint density at radius 3 is 3.05 bits per heavy atom. The standard InChI is InChI=1S/C13H16N4OS/c1-8-9(3-2-4-11(8)14)7-19-13-16-15-12(18)17(13)10-5-6-10/h2-4,10H,5-7,14H2,1H3,(H,15,18). The van der Waals surface area contributed by atoms with Gasteiger partial charge in [0.2, 0.25) is 0 Å². The van der Waals surface area contributed by atoms with Crippen LogP contribution in [-0.4, -0.2) is 14.8 Å². The van der Waals surface area contributed by atoms with Crippen molar-refractivity contribution in [2.24, 2.45) is 0 Å². The lowest BCUT2D eigenvalue weighted by Crippen LogP contribution is -2.16. The highest BCUT2D eigenvalue weighted by molar-refractivity contribution is 7.98. The number of aromatic nitrogens is 3. The maximum absolute atomic E-state index is 11.7. The van der Waals surface area contributed by atoms with Crippen molar-refractivity contribution in [3.63, 3.8) is 0 Å². The SMILES string of the molecule is Cc1c(N)cccc1CSc1n[nH]c(=O)n1C1CC1. The third kappa shape index (κ3) is 2.40. The summed E-state index contributed by atoms with van der Waals surface area (Å²) in [6.07, 6.45) is 2.15. The van der Waals surface area contributed by atoms with Crippen LogP contribution < -0.4 is 11.4 Å². The topological polar surface area (TPSA) is 76.7 Å². The van der Waals surface area contributed by atoms with Gasteiger partial charge in [0.15, 0.2) is 5.16 Å². The lowest BCUT2D eigenvalue weighted by Gasteiger charge is -2.08. The van der Waals surface area contributed by atoms with E-state index in [2.05, 4.69) is 16.3 Å². The first-order chi connectivity index (χ1) is 9.16. The van der Waals surface area contributed by atoms with Gasteiger partial charge in [-0.3, -0.25) is 4.57 Å². The van der Waals surface area contributed by atoms with Crippen LogP contribution in [-0.2, 0) is 5.75 Å². The molecule has 0 amide bonds. The molecule has 0 unspecified atom stereocenters. The van der Waals surface area contributed by atoms with Crippen LogP contribution in [0.5, 0.6) is 0 Å². The molecule has 1 heterocycles. The molecule has 1 aromatic heterocycles. The molecule has 100 valence electrons. The lowest BCUT2D eigenvalue weighted by atomic mass is 10.1. The number of anilines is 1. The highest BCUT2D eigenvalue weighted by Crippen LogP contribution is 2.36. The second kappa shape index (κ2) is 4.77. The average molecular weight is 276 g/mol. The molecule has 0 spiro atoms. The number of hydrogen-bond acceptors (Lipinski definition) is 4. The Morgan fingerprint density at radius 1 is 1.53 bits per heavy atom. The number of nitrogens with two attached hydrogens (primary N) is 1. The predicted molar refractivity (Wildman–Crippen MR) is 76.3 cm³/mol. The summed E-state index contributed by atoms with van der Waals surface area (Å²) in [5, 5.41) is 7.41. The monoisotopic (exact) mass is 276 g/mol. The van der Waals surface area contributed by atoms with E-state index in [1.807, 2.05) is 19.1 Å². The van der Waals surface area contributed by atoms with Crippen molar-refractivity contribution in [1.82, 2.24) is 14.8 Å². The van der Waals surface area contributed by atoms with Gasteiger partial charge >= 0.3 is 5.69 Å². The minimum atomic E-state index is -0.103. The summed E-state index contributed by atoms with van der Waals surface area (Å²) in [5.41, 5.74) is 8.88. The van der Waals surface area contributed by atoms with Crippen molar-refractivity contribution in [2.75, 3.05) is 5.73 Å². The van der Waals surface area contributed by atoms with Gasteiger partial charge in [0.25, 0.3) is 0 Å². The molecule has 3 N–H and O–H groups in total. The van der Waals surface area contributed by atoms with E-state index in [9.17, 15) is 4.79 Å². The lowest BCUT2D eigenvalue weighted by molar-refractivity contribution is 0.642. The molecular formula is C13H16N4OS. The van der Waals surface area contributed by atoms with Gasteiger partial charge in [0, 0.05) is 17.5 Å². The summed E-state index contributed by atoms with van der Waals surface area (Å²) in [6.45, 7) is 2.02. The van der Waals surface area contributed by atoms with Gasteiger partial charge in [-0.25, -0.2) is 9.89 Å². The Morgan fingerprint density at radius 2 is 2.32 bits per heavy atom. The van der Waals surface area contributed by atoms with Crippen LogP contribution in [0.4, 0.5) is 5.69 Å². The first-order valence-electron chi connectivity index (χ1n) is 6.30. The summed E-state index contributed by atoms with van der Waals surface area (Å²) >= 11 is 1.58.